The Morgan fingerprint density at radius 3 is 2.29 bits per heavy atom. The van der Waals surface area contributed by atoms with Crippen LogP contribution in [0.3, 0.4) is 0 Å². The van der Waals surface area contributed by atoms with Crippen LogP contribution >= 0.6 is 0 Å². The zero-order valence-electron chi connectivity index (χ0n) is 11.0. The van der Waals surface area contributed by atoms with E-state index < -0.39 is 17.4 Å². The molecule has 0 bridgehead atoms. The molecule has 0 aliphatic rings. The molecule has 0 saturated heterocycles. The van der Waals surface area contributed by atoms with E-state index in [1.807, 2.05) is 20.8 Å². The van der Waals surface area contributed by atoms with Gasteiger partial charge in [-0.2, -0.15) is 5.10 Å². The van der Waals surface area contributed by atoms with Crippen molar-refractivity contribution in [1.29, 1.82) is 0 Å². The standard InChI is InChI=1S/C11H20N2O4/c1-6-17-8(14)7-12-13-9(10(15)16-5)11(2,3)4/h12H,6-7H2,1-5H3/b13-9+. The maximum absolute atomic E-state index is 11.5. The molecule has 0 saturated carbocycles. The fourth-order valence-corrected chi connectivity index (χ4v) is 1.01. The molecule has 6 heteroatoms. The minimum atomic E-state index is -0.520. The molecule has 0 aromatic carbocycles. The molecular formula is C11H20N2O4. The topological polar surface area (TPSA) is 77.0 Å². The quantitative estimate of drug-likeness (QED) is 0.438. The van der Waals surface area contributed by atoms with Crippen molar-refractivity contribution in [3.63, 3.8) is 0 Å². The van der Waals surface area contributed by atoms with Crippen LogP contribution in [0.1, 0.15) is 27.7 Å². The van der Waals surface area contributed by atoms with Crippen LogP contribution in [0.2, 0.25) is 0 Å². The SMILES string of the molecule is CCOC(=O)CN/N=C(\C(=O)OC)C(C)(C)C. The van der Waals surface area contributed by atoms with Crippen LogP contribution in [0.5, 0.6) is 0 Å². The first-order valence-electron chi connectivity index (χ1n) is 5.37. The molecule has 0 aromatic rings. The molecule has 0 aliphatic carbocycles. The lowest BCUT2D eigenvalue weighted by Gasteiger charge is -2.19. The van der Waals surface area contributed by atoms with Crippen molar-refractivity contribution < 1.29 is 19.1 Å². The lowest BCUT2D eigenvalue weighted by molar-refractivity contribution is -0.142. The Labute approximate surface area is 101 Å². The van der Waals surface area contributed by atoms with E-state index in [0.29, 0.717) is 6.61 Å². The number of carbonyl (C=O) groups excluding carboxylic acids is 2. The van der Waals surface area contributed by atoms with Gasteiger partial charge in [0.25, 0.3) is 0 Å². The van der Waals surface area contributed by atoms with Gasteiger partial charge in [0.1, 0.15) is 6.54 Å². The molecule has 0 atom stereocenters. The molecular weight excluding hydrogens is 224 g/mol. The molecule has 17 heavy (non-hydrogen) atoms. The van der Waals surface area contributed by atoms with Gasteiger partial charge in [-0.1, -0.05) is 20.8 Å². The monoisotopic (exact) mass is 244 g/mol. The Morgan fingerprint density at radius 2 is 1.88 bits per heavy atom. The Hall–Kier alpha value is -1.59. The van der Waals surface area contributed by atoms with Crippen LogP contribution in [-0.2, 0) is 19.1 Å². The number of hydrazone groups is 1. The van der Waals surface area contributed by atoms with Gasteiger partial charge in [-0.3, -0.25) is 10.2 Å². The maximum Gasteiger partial charge on any atom is 0.354 e. The summed E-state index contributed by atoms with van der Waals surface area (Å²) in [5.41, 5.74) is 2.27. The molecule has 0 spiro atoms. The summed E-state index contributed by atoms with van der Waals surface area (Å²) >= 11 is 0. The minimum absolute atomic E-state index is 0.0790. The normalized spacial score (nSPS) is 11.9. The summed E-state index contributed by atoms with van der Waals surface area (Å²) in [7, 11) is 1.29. The van der Waals surface area contributed by atoms with E-state index in [4.69, 9.17) is 4.74 Å². The molecule has 0 radical (unpaired) electrons. The number of rotatable bonds is 5. The van der Waals surface area contributed by atoms with E-state index in [1.54, 1.807) is 6.92 Å². The smallest absolute Gasteiger partial charge is 0.354 e. The first-order chi connectivity index (χ1) is 7.82. The highest BCUT2D eigenvalue weighted by Gasteiger charge is 2.27. The van der Waals surface area contributed by atoms with E-state index in [-0.39, 0.29) is 12.3 Å². The first-order valence-corrected chi connectivity index (χ1v) is 5.37. The minimum Gasteiger partial charge on any atom is -0.465 e. The van der Waals surface area contributed by atoms with E-state index in [9.17, 15) is 9.59 Å². The van der Waals surface area contributed by atoms with E-state index >= 15 is 0 Å². The van der Waals surface area contributed by atoms with Gasteiger partial charge in [-0.05, 0) is 6.92 Å². The van der Waals surface area contributed by atoms with E-state index in [2.05, 4.69) is 15.3 Å². The predicted octanol–water partition coefficient (Wildman–Crippen LogP) is 0.714. The van der Waals surface area contributed by atoms with Crippen LogP contribution in [0.15, 0.2) is 5.10 Å². The maximum atomic E-state index is 11.5. The summed E-state index contributed by atoms with van der Waals surface area (Å²) < 4.78 is 9.33. The summed E-state index contributed by atoms with van der Waals surface area (Å²) in [5, 5.41) is 3.88. The summed E-state index contributed by atoms with van der Waals surface area (Å²) in [6.07, 6.45) is 0. The molecule has 0 heterocycles. The third-order valence-corrected chi connectivity index (χ3v) is 1.81. The number of carbonyl (C=O) groups is 2. The second-order valence-corrected chi connectivity index (χ2v) is 4.34. The fraction of sp³-hybridized carbons (Fsp3) is 0.727. The van der Waals surface area contributed by atoms with Gasteiger partial charge in [0.15, 0.2) is 5.71 Å². The van der Waals surface area contributed by atoms with Crippen molar-refractivity contribution in [3.8, 4) is 0 Å². The average molecular weight is 244 g/mol. The molecule has 98 valence electrons. The molecule has 0 aliphatic heterocycles. The van der Waals surface area contributed by atoms with Crippen LogP contribution in [0, 0.1) is 5.41 Å². The molecule has 0 amide bonds. The van der Waals surface area contributed by atoms with Gasteiger partial charge in [0.05, 0.1) is 13.7 Å². The zero-order valence-corrected chi connectivity index (χ0v) is 11.0. The highest BCUT2D eigenvalue weighted by molar-refractivity contribution is 6.38. The predicted molar refractivity (Wildman–Crippen MR) is 63.5 cm³/mol. The second-order valence-electron chi connectivity index (χ2n) is 4.34. The van der Waals surface area contributed by atoms with Crippen molar-refractivity contribution in [2.24, 2.45) is 10.5 Å². The van der Waals surface area contributed by atoms with Gasteiger partial charge in [-0.25, -0.2) is 4.79 Å². The third kappa shape index (κ3) is 5.89. The molecule has 6 nitrogen and oxygen atoms in total. The van der Waals surface area contributed by atoms with Crippen molar-refractivity contribution in [3.05, 3.63) is 0 Å². The fourth-order valence-electron chi connectivity index (χ4n) is 1.01. The van der Waals surface area contributed by atoms with Gasteiger partial charge in [0.2, 0.25) is 0 Å². The number of nitrogens with one attached hydrogen (secondary N) is 1. The van der Waals surface area contributed by atoms with Gasteiger partial charge in [0, 0.05) is 5.41 Å². The Balaban J connectivity index is 4.52. The summed E-state index contributed by atoms with van der Waals surface area (Å²) in [6.45, 7) is 7.44. The van der Waals surface area contributed by atoms with Gasteiger partial charge < -0.3 is 9.47 Å². The van der Waals surface area contributed by atoms with E-state index in [1.165, 1.54) is 7.11 Å². The van der Waals surface area contributed by atoms with Crippen LogP contribution < -0.4 is 5.43 Å². The van der Waals surface area contributed by atoms with Crippen molar-refractivity contribution >= 4 is 17.7 Å². The number of methoxy groups -OCH3 is 1. The van der Waals surface area contributed by atoms with Crippen LogP contribution in [0.4, 0.5) is 0 Å². The number of esters is 2. The van der Waals surface area contributed by atoms with Crippen LogP contribution in [0.25, 0.3) is 0 Å². The Morgan fingerprint density at radius 1 is 1.29 bits per heavy atom. The molecule has 0 rings (SSSR count). The highest BCUT2D eigenvalue weighted by Crippen LogP contribution is 2.16. The van der Waals surface area contributed by atoms with Gasteiger partial charge in [-0.15, -0.1) is 0 Å². The third-order valence-electron chi connectivity index (χ3n) is 1.81. The molecule has 0 fully saturated rings. The first kappa shape index (κ1) is 15.4. The van der Waals surface area contributed by atoms with Crippen molar-refractivity contribution in [2.75, 3.05) is 20.3 Å². The lowest BCUT2D eigenvalue weighted by atomic mass is 9.90. The lowest BCUT2D eigenvalue weighted by Crippen LogP contribution is -2.33. The highest BCUT2D eigenvalue weighted by atomic mass is 16.5. The number of hydrogen-bond acceptors (Lipinski definition) is 6. The van der Waals surface area contributed by atoms with Crippen molar-refractivity contribution in [2.45, 2.75) is 27.7 Å². The summed E-state index contributed by atoms with van der Waals surface area (Å²) in [5.74, 6) is -0.941. The molecule has 1 N–H and O–H groups in total. The van der Waals surface area contributed by atoms with E-state index in [0.717, 1.165) is 0 Å². The number of hydrogen-bond donors (Lipinski definition) is 1. The molecule has 0 unspecified atom stereocenters. The van der Waals surface area contributed by atoms with Crippen molar-refractivity contribution in [1.82, 2.24) is 5.43 Å². The average Bonchev–Trinajstić information content (AvgIpc) is 2.22. The largest absolute Gasteiger partial charge is 0.465 e. The summed E-state index contributed by atoms with van der Waals surface area (Å²) in [6, 6.07) is 0. The Bertz CT molecular complexity index is 305. The van der Waals surface area contributed by atoms with Crippen LogP contribution in [-0.4, -0.2) is 37.9 Å². The number of nitrogens with zero attached hydrogens (tertiary/aromatic N) is 1. The molecule has 0 aromatic heterocycles. The zero-order chi connectivity index (χ0) is 13.5. The second kappa shape index (κ2) is 6.88. The van der Waals surface area contributed by atoms with Gasteiger partial charge >= 0.3 is 11.9 Å². The Kier molecular flexibility index (Phi) is 6.23. The number of ether oxygens (including phenoxy) is 2. The summed E-state index contributed by atoms with van der Waals surface area (Å²) in [4.78, 5) is 22.5.